The van der Waals surface area contributed by atoms with Gasteiger partial charge in [-0.15, -0.1) is 0 Å². The van der Waals surface area contributed by atoms with Crippen LogP contribution in [-0.4, -0.2) is 41.3 Å². The maximum absolute atomic E-state index is 12.2. The van der Waals surface area contributed by atoms with Crippen molar-refractivity contribution >= 4 is 17.6 Å². The summed E-state index contributed by atoms with van der Waals surface area (Å²) in [6, 6.07) is 18.6. The molecule has 1 N–H and O–H groups in total. The van der Waals surface area contributed by atoms with Crippen molar-refractivity contribution in [3.8, 4) is 0 Å². The number of urea groups is 1. The van der Waals surface area contributed by atoms with Gasteiger partial charge in [-0.25, -0.2) is 14.8 Å². The van der Waals surface area contributed by atoms with E-state index in [2.05, 4.69) is 10.5 Å². The fourth-order valence-electron chi connectivity index (χ4n) is 2.49. The van der Waals surface area contributed by atoms with Crippen molar-refractivity contribution in [2.75, 3.05) is 13.6 Å². The zero-order chi connectivity index (χ0) is 16.9. The third kappa shape index (κ3) is 3.60. The summed E-state index contributed by atoms with van der Waals surface area (Å²) < 4.78 is 0. The van der Waals surface area contributed by atoms with Crippen molar-refractivity contribution in [3.63, 3.8) is 0 Å². The van der Waals surface area contributed by atoms with Gasteiger partial charge in [-0.05, 0) is 11.1 Å². The first-order chi connectivity index (χ1) is 11.6. The van der Waals surface area contributed by atoms with E-state index in [1.165, 1.54) is 10.0 Å². The fourth-order valence-corrected chi connectivity index (χ4v) is 2.49. The van der Waals surface area contributed by atoms with Gasteiger partial charge in [0.05, 0.1) is 18.7 Å². The van der Waals surface area contributed by atoms with Crippen LogP contribution in [-0.2, 0) is 11.2 Å². The number of hydrogen-bond acceptors (Lipinski definition) is 3. The number of hydrazone groups is 1. The van der Waals surface area contributed by atoms with Gasteiger partial charge in [-0.1, -0.05) is 60.7 Å². The number of hydrazine groups is 1. The van der Waals surface area contributed by atoms with Crippen LogP contribution in [0, 0.1) is 0 Å². The molecule has 0 saturated carbocycles. The number of hydrogen-bond donors (Lipinski definition) is 1. The van der Waals surface area contributed by atoms with Crippen LogP contribution in [0.4, 0.5) is 4.79 Å². The van der Waals surface area contributed by atoms with Crippen LogP contribution >= 0.6 is 0 Å². The quantitative estimate of drug-likeness (QED) is 0.936. The second-order valence-corrected chi connectivity index (χ2v) is 5.50. The zero-order valence-electron chi connectivity index (χ0n) is 13.3. The average Bonchev–Trinajstić information content (AvgIpc) is 2.60. The third-order valence-corrected chi connectivity index (χ3v) is 3.66. The predicted octanol–water partition coefficient (Wildman–Crippen LogP) is 2.03. The summed E-state index contributed by atoms with van der Waals surface area (Å²) in [6.07, 6.45) is 0.214. The molecule has 6 heteroatoms. The summed E-state index contributed by atoms with van der Waals surface area (Å²) in [6.45, 7) is 0.230. The van der Waals surface area contributed by atoms with Gasteiger partial charge >= 0.3 is 6.03 Å². The normalized spacial score (nSPS) is 14.4. The molecule has 3 amide bonds. The first-order valence-corrected chi connectivity index (χ1v) is 7.65. The van der Waals surface area contributed by atoms with Gasteiger partial charge in [0.15, 0.2) is 0 Å². The molecule has 1 aliphatic heterocycles. The minimum absolute atomic E-state index is 0.214. The van der Waals surface area contributed by atoms with Crippen LogP contribution in [0.15, 0.2) is 65.8 Å². The number of carbonyl (C=O) groups is 2. The summed E-state index contributed by atoms with van der Waals surface area (Å²) >= 11 is 0. The van der Waals surface area contributed by atoms with Crippen LogP contribution in [0.2, 0.25) is 0 Å². The second kappa shape index (κ2) is 6.95. The van der Waals surface area contributed by atoms with E-state index in [1.54, 1.807) is 7.05 Å². The minimum Gasteiger partial charge on any atom is -0.273 e. The molecule has 0 fully saturated rings. The van der Waals surface area contributed by atoms with Crippen molar-refractivity contribution in [2.24, 2.45) is 5.10 Å². The summed E-state index contributed by atoms with van der Waals surface area (Å²) in [7, 11) is 1.57. The molecule has 0 saturated heterocycles. The molecule has 1 heterocycles. The molecular weight excluding hydrogens is 304 g/mol. The molecule has 3 rings (SSSR count). The van der Waals surface area contributed by atoms with Gasteiger partial charge in [0.1, 0.15) is 0 Å². The molecule has 0 radical (unpaired) electrons. The Morgan fingerprint density at radius 2 is 1.71 bits per heavy atom. The van der Waals surface area contributed by atoms with Gasteiger partial charge in [0.25, 0.3) is 0 Å². The number of nitrogens with zero attached hydrogens (tertiary/aromatic N) is 3. The summed E-state index contributed by atoms with van der Waals surface area (Å²) in [5.74, 6) is -0.239. The van der Waals surface area contributed by atoms with Crippen LogP contribution in [0.25, 0.3) is 0 Å². The molecular formula is C18H18N4O2. The maximum Gasteiger partial charge on any atom is 0.359 e. The van der Waals surface area contributed by atoms with Crippen molar-refractivity contribution in [2.45, 2.75) is 6.42 Å². The third-order valence-electron chi connectivity index (χ3n) is 3.66. The SMILES string of the molecule is CN1N=C(c2ccccc2)CN(NC(=O)Cc2ccccc2)C1=O. The van der Waals surface area contributed by atoms with E-state index in [0.29, 0.717) is 0 Å². The first kappa shape index (κ1) is 15.7. The predicted molar refractivity (Wildman–Crippen MR) is 91.1 cm³/mol. The Morgan fingerprint density at radius 1 is 1.08 bits per heavy atom. The van der Waals surface area contributed by atoms with Crippen LogP contribution in [0.3, 0.4) is 0 Å². The molecule has 0 spiro atoms. The summed E-state index contributed by atoms with van der Waals surface area (Å²) in [5.41, 5.74) is 5.20. The lowest BCUT2D eigenvalue weighted by Gasteiger charge is -2.31. The molecule has 2 aromatic carbocycles. The summed E-state index contributed by atoms with van der Waals surface area (Å²) in [4.78, 5) is 24.4. The zero-order valence-corrected chi connectivity index (χ0v) is 13.3. The highest BCUT2D eigenvalue weighted by Gasteiger charge is 2.27. The van der Waals surface area contributed by atoms with Crippen LogP contribution in [0.1, 0.15) is 11.1 Å². The highest BCUT2D eigenvalue weighted by atomic mass is 16.2. The van der Waals surface area contributed by atoms with E-state index >= 15 is 0 Å². The monoisotopic (exact) mass is 322 g/mol. The first-order valence-electron chi connectivity index (χ1n) is 7.65. The Morgan fingerprint density at radius 3 is 2.38 bits per heavy atom. The largest absolute Gasteiger partial charge is 0.359 e. The highest BCUT2D eigenvalue weighted by molar-refractivity contribution is 6.05. The van der Waals surface area contributed by atoms with Gasteiger partial charge in [-0.2, -0.15) is 5.10 Å². The lowest BCUT2D eigenvalue weighted by atomic mass is 10.1. The maximum atomic E-state index is 12.2. The number of nitrogens with one attached hydrogen (secondary N) is 1. The van der Waals surface area contributed by atoms with Gasteiger partial charge in [-0.3, -0.25) is 10.2 Å². The van der Waals surface area contributed by atoms with Crippen molar-refractivity contribution < 1.29 is 9.59 Å². The van der Waals surface area contributed by atoms with Crippen molar-refractivity contribution in [1.82, 2.24) is 15.4 Å². The smallest absolute Gasteiger partial charge is 0.273 e. The second-order valence-electron chi connectivity index (χ2n) is 5.50. The van der Waals surface area contributed by atoms with E-state index in [9.17, 15) is 9.59 Å². The fraction of sp³-hybridized carbons (Fsp3) is 0.167. The van der Waals surface area contributed by atoms with Crippen LogP contribution in [0.5, 0.6) is 0 Å². The molecule has 1 aliphatic rings. The molecule has 122 valence electrons. The Labute approximate surface area is 140 Å². The average molecular weight is 322 g/mol. The standard InChI is InChI=1S/C18H18N4O2/c1-21-18(24)22(13-16(19-21)15-10-6-3-7-11-15)20-17(23)12-14-8-4-2-5-9-14/h2-11H,12-13H2,1H3,(H,20,23). The minimum atomic E-state index is -0.365. The number of benzene rings is 2. The van der Waals surface area contributed by atoms with Gasteiger partial charge in [0.2, 0.25) is 5.91 Å². The molecule has 0 aliphatic carbocycles. The highest BCUT2D eigenvalue weighted by Crippen LogP contribution is 2.10. The molecule has 0 bridgehead atoms. The number of carbonyl (C=O) groups excluding carboxylic acids is 2. The number of rotatable bonds is 4. The van der Waals surface area contributed by atoms with E-state index in [-0.39, 0.29) is 24.9 Å². The molecule has 2 aromatic rings. The molecule has 6 nitrogen and oxygen atoms in total. The Bertz CT molecular complexity index is 759. The molecule has 24 heavy (non-hydrogen) atoms. The lowest BCUT2D eigenvalue weighted by Crippen LogP contribution is -2.55. The number of amides is 3. The van der Waals surface area contributed by atoms with E-state index in [0.717, 1.165) is 16.8 Å². The van der Waals surface area contributed by atoms with Gasteiger partial charge < -0.3 is 0 Å². The molecule has 0 aromatic heterocycles. The van der Waals surface area contributed by atoms with Crippen LogP contribution < -0.4 is 5.43 Å². The molecule has 0 atom stereocenters. The van der Waals surface area contributed by atoms with Gasteiger partial charge in [0, 0.05) is 7.05 Å². The van der Waals surface area contributed by atoms with Crippen molar-refractivity contribution in [3.05, 3.63) is 71.8 Å². The Kier molecular flexibility index (Phi) is 4.56. The van der Waals surface area contributed by atoms with Crippen molar-refractivity contribution in [1.29, 1.82) is 0 Å². The lowest BCUT2D eigenvalue weighted by molar-refractivity contribution is -0.124. The Hall–Kier alpha value is -3.15. The Balaban J connectivity index is 1.70. The summed E-state index contributed by atoms with van der Waals surface area (Å²) in [5, 5.41) is 6.81. The van der Waals surface area contributed by atoms with E-state index in [4.69, 9.17) is 0 Å². The topological polar surface area (TPSA) is 65.0 Å². The van der Waals surface area contributed by atoms with E-state index in [1.807, 2.05) is 60.7 Å². The molecule has 0 unspecified atom stereocenters. The van der Waals surface area contributed by atoms with E-state index < -0.39 is 0 Å².